The average Bonchev–Trinajstić information content (AvgIpc) is 2.53. The molecule has 0 aliphatic rings. The van der Waals surface area contributed by atoms with Crippen LogP contribution in [0.3, 0.4) is 0 Å². The molecule has 1 aromatic heterocycles. The highest BCUT2D eigenvalue weighted by atomic mass is 35.5. The van der Waals surface area contributed by atoms with Gasteiger partial charge >= 0.3 is 0 Å². The van der Waals surface area contributed by atoms with Gasteiger partial charge in [0.15, 0.2) is 18.1 Å². The number of benzene rings is 1. The predicted molar refractivity (Wildman–Crippen MR) is 84.9 cm³/mol. The lowest BCUT2D eigenvalue weighted by atomic mass is 10.2. The molecule has 2 rings (SSSR count). The van der Waals surface area contributed by atoms with Crippen molar-refractivity contribution in [1.82, 2.24) is 4.98 Å². The first-order chi connectivity index (χ1) is 11.0. The van der Waals surface area contributed by atoms with Crippen molar-refractivity contribution in [2.45, 2.75) is 0 Å². The van der Waals surface area contributed by atoms with E-state index in [9.17, 15) is 9.59 Å². The van der Waals surface area contributed by atoms with Crippen molar-refractivity contribution in [3.05, 3.63) is 47.2 Å². The van der Waals surface area contributed by atoms with E-state index in [-0.39, 0.29) is 34.6 Å². The van der Waals surface area contributed by atoms with Crippen LogP contribution in [0.1, 0.15) is 10.4 Å². The number of nitrogens with zero attached hydrogens (tertiary/aromatic N) is 1. The third-order valence-corrected chi connectivity index (χ3v) is 3.07. The Morgan fingerprint density at radius 1 is 1.30 bits per heavy atom. The van der Waals surface area contributed by atoms with Crippen molar-refractivity contribution in [2.24, 2.45) is 5.73 Å². The predicted octanol–water partition coefficient (Wildman–Crippen LogP) is 1.86. The number of methoxy groups -OCH3 is 1. The molecule has 0 atom stereocenters. The van der Waals surface area contributed by atoms with E-state index in [1.165, 1.54) is 19.2 Å². The maximum atomic E-state index is 12.3. The van der Waals surface area contributed by atoms with Crippen LogP contribution in [0.4, 0.5) is 5.69 Å². The van der Waals surface area contributed by atoms with Crippen LogP contribution in [0.2, 0.25) is 5.02 Å². The molecule has 2 aromatic rings. The standard InChI is InChI=1S/C15H14ClN3O4/c1-22-12-7-9(6-11(16)14(12)23-8-13(17)20)15(21)19-10-2-4-18-5-3-10/h2-7H,8H2,1H3,(H2,17,20)(H,18,19,21). The van der Waals surface area contributed by atoms with Gasteiger partial charge in [0.2, 0.25) is 0 Å². The van der Waals surface area contributed by atoms with Gasteiger partial charge in [0.25, 0.3) is 11.8 Å². The summed E-state index contributed by atoms with van der Waals surface area (Å²) in [6, 6.07) is 6.18. The van der Waals surface area contributed by atoms with Crippen LogP contribution >= 0.6 is 11.6 Å². The number of primary amides is 1. The number of halogens is 1. The van der Waals surface area contributed by atoms with Crippen molar-refractivity contribution in [1.29, 1.82) is 0 Å². The minimum atomic E-state index is -0.650. The number of pyridine rings is 1. The molecular weight excluding hydrogens is 322 g/mol. The fraction of sp³-hybridized carbons (Fsp3) is 0.133. The first kappa shape index (κ1) is 16.6. The largest absolute Gasteiger partial charge is 0.493 e. The monoisotopic (exact) mass is 335 g/mol. The lowest BCUT2D eigenvalue weighted by Crippen LogP contribution is -2.20. The van der Waals surface area contributed by atoms with Crippen LogP contribution in [0, 0.1) is 0 Å². The second-order valence-corrected chi connectivity index (χ2v) is 4.84. The third-order valence-electron chi connectivity index (χ3n) is 2.79. The van der Waals surface area contributed by atoms with E-state index >= 15 is 0 Å². The summed E-state index contributed by atoms with van der Waals surface area (Å²) in [6.45, 7) is -0.349. The van der Waals surface area contributed by atoms with Gasteiger partial charge in [-0.25, -0.2) is 0 Å². The highest BCUT2D eigenvalue weighted by molar-refractivity contribution is 6.32. The van der Waals surface area contributed by atoms with E-state index in [1.54, 1.807) is 24.5 Å². The maximum Gasteiger partial charge on any atom is 0.255 e. The molecular formula is C15H14ClN3O4. The Morgan fingerprint density at radius 3 is 2.61 bits per heavy atom. The number of anilines is 1. The zero-order valence-corrected chi connectivity index (χ0v) is 13.0. The normalized spacial score (nSPS) is 10.0. The van der Waals surface area contributed by atoms with Crippen LogP contribution in [0.5, 0.6) is 11.5 Å². The molecule has 120 valence electrons. The summed E-state index contributed by atoms with van der Waals surface area (Å²) in [6.07, 6.45) is 3.12. The van der Waals surface area contributed by atoms with Gasteiger partial charge in [0.1, 0.15) is 0 Å². The van der Waals surface area contributed by atoms with E-state index in [0.29, 0.717) is 5.69 Å². The van der Waals surface area contributed by atoms with Gasteiger partial charge in [0, 0.05) is 23.6 Å². The van der Waals surface area contributed by atoms with Crippen LogP contribution in [0.15, 0.2) is 36.7 Å². The van der Waals surface area contributed by atoms with Crippen molar-refractivity contribution < 1.29 is 19.1 Å². The summed E-state index contributed by atoms with van der Waals surface area (Å²) < 4.78 is 10.3. The van der Waals surface area contributed by atoms with Crippen molar-refractivity contribution >= 4 is 29.1 Å². The van der Waals surface area contributed by atoms with Gasteiger partial charge in [0.05, 0.1) is 12.1 Å². The maximum absolute atomic E-state index is 12.3. The number of hydrogen-bond donors (Lipinski definition) is 2. The first-order valence-corrected chi connectivity index (χ1v) is 6.89. The highest BCUT2D eigenvalue weighted by Crippen LogP contribution is 2.36. The van der Waals surface area contributed by atoms with Gasteiger partial charge in [-0.15, -0.1) is 0 Å². The Hall–Kier alpha value is -2.80. The van der Waals surface area contributed by atoms with Crippen molar-refractivity contribution in [2.75, 3.05) is 19.0 Å². The molecule has 0 radical (unpaired) electrons. The third kappa shape index (κ3) is 4.33. The second-order valence-electron chi connectivity index (χ2n) is 4.43. The van der Waals surface area contributed by atoms with E-state index in [4.69, 9.17) is 26.8 Å². The number of nitrogens with one attached hydrogen (secondary N) is 1. The number of hydrogen-bond acceptors (Lipinski definition) is 5. The van der Waals surface area contributed by atoms with Gasteiger partial charge in [-0.2, -0.15) is 0 Å². The zero-order chi connectivity index (χ0) is 16.8. The Labute approximate surface area is 137 Å². The summed E-state index contributed by atoms with van der Waals surface area (Å²) in [5, 5.41) is 2.83. The Morgan fingerprint density at radius 2 is 2.00 bits per heavy atom. The molecule has 2 amide bonds. The molecule has 3 N–H and O–H groups in total. The topological polar surface area (TPSA) is 104 Å². The smallest absolute Gasteiger partial charge is 0.255 e. The summed E-state index contributed by atoms with van der Waals surface area (Å²) in [5.41, 5.74) is 5.89. The fourth-order valence-corrected chi connectivity index (χ4v) is 2.04. The average molecular weight is 336 g/mol. The number of ether oxygens (including phenoxy) is 2. The Balaban J connectivity index is 2.24. The Bertz CT molecular complexity index is 722. The van der Waals surface area contributed by atoms with Gasteiger partial charge in [-0.3, -0.25) is 14.6 Å². The lowest BCUT2D eigenvalue weighted by Gasteiger charge is -2.13. The molecule has 7 nitrogen and oxygen atoms in total. The number of nitrogens with two attached hydrogens (primary N) is 1. The molecule has 0 spiro atoms. The molecule has 0 aliphatic carbocycles. The quantitative estimate of drug-likeness (QED) is 0.838. The molecule has 1 aromatic carbocycles. The minimum absolute atomic E-state index is 0.130. The summed E-state index contributed by atoms with van der Waals surface area (Å²) in [5.74, 6) is -0.660. The summed E-state index contributed by atoms with van der Waals surface area (Å²) in [7, 11) is 1.40. The van der Waals surface area contributed by atoms with Crippen LogP contribution in [0.25, 0.3) is 0 Å². The molecule has 0 fully saturated rings. The fourth-order valence-electron chi connectivity index (χ4n) is 1.77. The number of carbonyl (C=O) groups excluding carboxylic acids is 2. The lowest BCUT2D eigenvalue weighted by molar-refractivity contribution is -0.119. The van der Waals surface area contributed by atoms with Crippen LogP contribution < -0.4 is 20.5 Å². The van der Waals surface area contributed by atoms with Crippen molar-refractivity contribution in [3.63, 3.8) is 0 Å². The molecule has 0 saturated heterocycles. The SMILES string of the molecule is COc1cc(C(=O)Nc2ccncc2)cc(Cl)c1OCC(N)=O. The number of aromatic nitrogens is 1. The highest BCUT2D eigenvalue weighted by Gasteiger charge is 2.16. The Kier molecular flexibility index (Phi) is 5.37. The molecule has 23 heavy (non-hydrogen) atoms. The van der Waals surface area contributed by atoms with Gasteiger partial charge in [-0.1, -0.05) is 11.6 Å². The van der Waals surface area contributed by atoms with E-state index in [1.807, 2.05) is 0 Å². The number of carbonyl (C=O) groups is 2. The van der Waals surface area contributed by atoms with Crippen molar-refractivity contribution in [3.8, 4) is 11.5 Å². The number of rotatable bonds is 6. The molecule has 1 heterocycles. The van der Waals surface area contributed by atoms with Gasteiger partial charge in [-0.05, 0) is 24.3 Å². The first-order valence-electron chi connectivity index (χ1n) is 6.51. The summed E-state index contributed by atoms with van der Waals surface area (Å²) >= 11 is 6.10. The van der Waals surface area contributed by atoms with Crippen LogP contribution in [-0.2, 0) is 4.79 Å². The van der Waals surface area contributed by atoms with E-state index in [2.05, 4.69) is 10.3 Å². The zero-order valence-electron chi connectivity index (χ0n) is 12.2. The van der Waals surface area contributed by atoms with Crippen LogP contribution in [-0.4, -0.2) is 30.5 Å². The molecule has 0 aliphatic heterocycles. The molecule has 8 heteroatoms. The van der Waals surface area contributed by atoms with E-state index < -0.39 is 5.91 Å². The van der Waals surface area contributed by atoms with Gasteiger partial charge < -0.3 is 20.5 Å². The van der Waals surface area contributed by atoms with E-state index in [0.717, 1.165) is 0 Å². The molecule has 0 saturated carbocycles. The minimum Gasteiger partial charge on any atom is -0.493 e. The second kappa shape index (κ2) is 7.46. The number of amides is 2. The summed E-state index contributed by atoms with van der Waals surface area (Å²) in [4.78, 5) is 26.9. The molecule has 0 unspecified atom stereocenters. The molecule has 0 bridgehead atoms.